The van der Waals surface area contributed by atoms with Gasteiger partial charge in [0.05, 0.1) is 24.3 Å². The molecule has 2 aromatic rings. The van der Waals surface area contributed by atoms with Gasteiger partial charge >= 0.3 is 11.9 Å². The van der Waals surface area contributed by atoms with Crippen LogP contribution in [0.25, 0.3) is 0 Å². The van der Waals surface area contributed by atoms with Gasteiger partial charge in [-0.3, -0.25) is 10.5 Å². The highest BCUT2D eigenvalue weighted by atomic mass is 17.0. The highest BCUT2D eigenvalue weighted by Gasteiger charge is 2.13. The maximum Gasteiger partial charge on any atom is 0.338 e. The van der Waals surface area contributed by atoms with Crippen LogP contribution in [-0.2, 0) is 9.47 Å². The van der Waals surface area contributed by atoms with Crippen LogP contribution in [0.3, 0.4) is 0 Å². The number of nitrogens with zero attached hydrogens (tertiary/aromatic N) is 2. The van der Waals surface area contributed by atoms with E-state index in [4.69, 9.17) is 20.0 Å². The van der Waals surface area contributed by atoms with E-state index >= 15 is 0 Å². The summed E-state index contributed by atoms with van der Waals surface area (Å²) in [5, 5.41) is 12.0. The SMILES string of the molecule is CCCCC(CC)COC(=O)c1ccc(N(C)C)cc1.CCCCC(CC)COC(=O)c1ccc(N(C)C)cc1.OO. The lowest BCUT2D eigenvalue weighted by Gasteiger charge is -2.15. The lowest BCUT2D eigenvalue weighted by atomic mass is 10.0. The molecule has 8 nitrogen and oxygen atoms in total. The summed E-state index contributed by atoms with van der Waals surface area (Å²) < 4.78 is 10.9. The summed E-state index contributed by atoms with van der Waals surface area (Å²) in [7, 11) is 7.92. The Bertz CT molecular complexity index is 882. The number of anilines is 2. The molecule has 2 rings (SSSR count). The van der Waals surface area contributed by atoms with Crippen LogP contribution in [0.2, 0.25) is 0 Å². The van der Waals surface area contributed by atoms with Gasteiger partial charge in [0.25, 0.3) is 0 Å². The van der Waals surface area contributed by atoms with Crippen molar-refractivity contribution in [1.82, 2.24) is 0 Å². The van der Waals surface area contributed by atoms with Crippen LogP contribution >= 0.6 is 0 Å². The van der Waals surface area contributed by atoms with Crippen LogP contribution in [0.1, 0.15) is 99.8 Å². The lowest BCUT2D eigenvalue weighted by molar-refractivity contribution is -0.176. The van der Waals surface area contributed by atoms with E-state index in [-0.39, 0.29) is 11.9 Å². The average Bonchev–Trinajstić information content (AvgIpc) is 3.02. The topological polar surface area (TPSA) is 99.5 Å². The smallest absolute Gasteiger partial charge is 0.338 e. The zero-order chi connectivity index (χ0) is 31.9. The molecule has 0 aliphatic rings. The van der Waals surface area contributed by atoms with Gasteiger partial charge in [0.1, 0.15) is 0 Å². The first-order valence-corrected chi connectivity index (χ1v) is 15.3. The van der Waals surface area contributed by atoms with Crippen molar-refractivity contribution in [1.29, 1.82) is 0 Å². The van der Waals surface area contributed by atoms with E-state index in [2.05, 4.69) is 27.7 Å². The molecular weight excluding hydrogens is 532 g/mol. The number of benzene rings is 2. The van der Waals surface area contributed by atoms with Crippen molar-refractivity contribution in [3.05, 3.63) is 59.7 Å². The van der Waals surface area contributed by atoms with Crippen molar-refractivity contribution in [3.8, 4) is 0 Å². The van der Waals surface area contributed by atoms with Crippen LogP contribution in [-0.4, -0.2) is 63.9 Å². The Labute approximate surface area is 254 Å². The summed E-state index contributed by atoms with van der Waals surface area (Å²) in [5.41, 5.74) is 3.41. The fourth-order valence-corrected chi connectivity index (χ4v) is 4.14. The molecule has 2 unspecified atom stereocenters. The lowest BCUT2D eigenvalue weighted by Crippen LogP contribution is -2.14. The van der Waals surface area contributed by atoms with Crippen LogP contribution in [0.5, 0.6) is 0 Å². The predicted octanol–water partition coefficient (Wildman–Crippen LogP) is 8.27. The molecule has 0 bridgehead atoms. The first kappa shape index (κ1) is 38.9. The number of rotatable bonds is 16. The van der Waals surface area contributed by atoms with Crippen molar-refractivity contribution < 1.29 is 29.6 Å². The Morgan fingerprint density at radius 2 is 0.929 bits per heavy atom. The van der Waals surface area contributed by atoms with Crippen LogP contribution in [0.15, 0.2) is 48.5 Å². The van der Waals surface area contributed by atoms with E-state index in [0.29, 0.717) is 36.2 Å². The first-order valence-electron chi connectivity index (χ1n) is 15.3. The molecule has 0 saturated carbocycles. The Kier molecular flexibility index (Phi) is 21.7. The molecular formula is C34H56N2O6. The monoisotopic (exact) mass is 588 g/mol. The molecule has 42 heavy (non-hydrogen) atoms. The molecule has 0 aromatic heterocycles. The third-order valence-corrected chi connectivity index (χ3v) is 7.23. The molecule has 0 saturated heterocycles. The summed E-state index contributed by atoms with van der Waals surface area (Å²) in [6.45, 7) is 9.74. The van der Waals surface area contributed by atoms with Crippen molar-refractivity contribution in [2.45, 2.75) is 79.1 Å². The van der Waals surface area contributed by atoms with Gasteiger partial charge in [-0.25, -0.2) is 9.59 Å². The van der Waals surface area contributed by atoms with Crippen LogP contribution < -0.4 is 9.80 Å². The van der Waals surface area contributed by atoms with E-state index in [1.165, 1.54) is 25.7 Å². The van der Waals surface area contributed by atoms with Gasteiger partial charge in [-0.15, -0.1) is 0 Å². The zero-order valence-corrected chi connectivity index (χ0v) is 27.3. The fraction of sp³-hybridized carbons (Fsp3) is 0.588. The highest BCUT2D eigenvalue weighted by molar-refractivity contribution is 5.90. The Morgan fingerprint density at radius 1 is 0.619 bits per heavy atom. The maximum atomic E-state index is 12.0. The Hall–Kier alpha value is -3.10. The predicted molar refractivity (Wildman–Crippen MR) is 174 cm³/mol. The van der Waals surface area contributed by atoms with Gasteiger partial charge in [0.15, 0.2) is 0 Å². The highest BCUT2D eigenvalue weighted by Crippen LogP contribution is 2.17. The van der Waals surface area contributed by atoms with Crippen molar-refractivity contribution >= 4 is 23.3 Å². The molecule has 0 heterocycles. The molecule has 0 radical (unpaired) electrons. The number of carbonyl (C=O) groups is 2. The van der Waals surface area contributed by atoms with Crippen molar-refractivity contribution in [2.75, 3.05) is 51.2 Å². The standard InChI is InChI=1S/2C17H27NO2.H2O2/c2*1-5-7-8-14(6-2)13-20-17(19)15-9-11-16(12-10-15)18(3)4;1-2/h2*9-12,14H,5-8,13H2,1-4H3;1-2H. The summed E-state index contributed by atoms with van der Waals surface area (Å²) >= 11 is 0. The first-order chi connectivity index (χ1) is 20.2. The summed E-state index contributed by atoms with van der Waals surface area (Å²) in [6, 6.07) is 15.0. The minimum Gasteiger partial charge on any atom is -0.462 e. The van der Waals surface area contributed by atoms with E-state index in [1.54, 1.807) is 0 Å². The number of ether oxygens (including phenoxy) is 2. The largest absolute Gasteiger partial charge is 0.462 e. The summed E-state index contributed by atoms with van der Waals surface area (Å²) in [4.78, 5) is 28.0. The molecule has 2 N–H and O–H groups in total. The third kappa shape index (κ3) is 15.8. The van der Waals surface area contributed by atoms with E-state index in [0.717, 1.165) is 37.1 Å². The molecule has 0 aliphatic heterocycles. The van der Waals surface area contributed by atoms with Gasteiger partial charge < -0.3 is 19.3 Å². The Balaban J connectivity index is 0.000000756. The fourth-order valence-electron chi connectivity index (χ4n) is 4.14. The summed E-state index contributed by atoms with van der Waals surface area (Å²) in [5.74, 6) is 0.537. The molecule has 8 heteroatoms. The van der Waals surface area contributed by atoms with Gasteiger partial charge in [0, 0.05) is 39.6 Å². The van der Waals surface area contributed by atoms with Crippen molar-refractivity contribution in [3.63, 3.8) is 0 Å². The quantitative estimate of drug-likeness (QED) is 0.115. The summed E-state index contributed by atoms with van der Waals surface area (Å²) in [6.07, 6.45) is 9.19. The number of unbranched alkanes of at least 4 members (excludes halogenated alkanes) is 2. The second-order valence-electron chi connectivity index (χ2n) is 10.9. The maximum absolute atomic E-state index is 12.0. The van der Waals surface area contributed by atoms with Gasteiger partial charge in [0.2, 0.25) is 0 Å². The van der Waals surface area contributed by atoms with Gasteiger partial charge in [-0.1, -0.05) is 66.2 Å². The minimum atomic E-state index is -0.217. The average molecular weight is 589 g/mol. The van der Waals surface area contributed by atoms with E-state index in [1.807, 2.05) is 86.5 Å². The zero-order valence-electron chi connectivity index (χ0n) is 27.3. The normalized spacial score (nSPS) is 11.6. The van der Waals surface area contributed by atoms with E-state index < -0.39 is 0 Å². The number of hydrogen-bond acceptors (Lipinski definition) is 8. The molecule has 0 aliphatic carbocycles. The molecule has 0 amide bonds. The minimum absolute atomic E-state index is 0.217. The molecule has 0 fully saturated rings. The van der Waals surface area contributed by atoms with Crippen LogP contribution in [0.4, 0.5) is 11.4 Å². The molecule has 238 valence electrons. The van der Waals surface area contributed by atoms with Gasteiger partial charge in [-0.2, -0.15) is 0 Å². The third-order valence-electron chi connectivity index (χ3n) is 7.23. The molecule has 0 spiro atoms. The number of hydrogen-bond donors (Lipinski definition) is 2. The van der Waals surface area contributed by atoms with Crippen molar-refractivity contribution in [2.24, 2.45) is 11.8 Å². The van der Waals surface area contributed by atoms with Gasteiger partial charge in [-0.05, 0) is 73.2 Å². The van der Waals surface area contributed by atoms with E-state index in [9.17, 15) is 9.59 Å². The second kappa shape index (κ2) is 23.5. The molecule has 2 aromatic carbocycles. The van der Waals surface area contributed by atoms with Crippen LogP contribution in [0, 0.1) is 11.8 Å². The Morgan fingerprint density at radius 3 is 1.17 bits per heavy atom. The number of esters is 2. The molecule has 2 atom stereocenters. The second-order valence-corrected chi connectivity index (χ2v) is 10.9. The number of carbonyl (C=O) groups excluding carboxylic acids is 2.